The van der Waals surface area contributed by atoms with Crippen LogP contribution in [0.2, 0.25) is 0 Å². The molecule has 6 N–H and O–H groups in total. The summed E-state index contributed by atoms with van der Waals surface area (Å²) in [4.78, 5) is 107. The summed E-state index contributed by atoms with van der Waals surface area (Å²) in [5.41, 5.74) is -0.313. The molecule has 12 aromatic rings. The number of phenols is 6. The van der Waals surface area contributed by atoms with E-state index in [1.165, 1.54) is 0 Å². The van der Waals surface area contributed by atoms with Gasteiger partial charge in [-0.15, -0.1) is 0 Å². The second-order valence-corrected chi connectivity index (χ2v) is 35.8. The van der Waals surface area contributed by atoms with E-state index < -0.39 is 63.0 Å². The quantitative estimate of drug-likeness (QED) is 0.00987. The van der Waals surface area contributed by atoms with Crippen molar-refractivity contribution in [3.05, 3.63) is 241 Å². The minimum atomic E-state index is -0.636. The molecule has 146 heavy (non-hydrogen) atoms. The smallest absolute Gasteiger partial charge is 0.349 e. The summed E-state index contributed by atoms with van der Waals surface area (Å²) in [6.07, 6.45) is 4.85. The molecule has 0 aromatic heterocycles. The molecule has 12 rings (SSSR count). The molecular weight excluding hydrogens is 1850 g/mol. The standard InChI is InChI=1S/2C19H22O5.C18H20O5.C18H22O4.C18H22O3.C17H20O3.12CH4/c1-4-19(2,3)18(22)24-12-11-23-17(21)15-9-5-8-14-13(15)7-6-10-16(14)20;1-4-19(2,3)18(22)24-10-9-23-17(21)15-6-5-14-12-16(20)8-7-13(14)11-15;1-4-18(2,3)17(21)22-11-16(20)23-15-8-6-12-9-14(19)7-5-13(12)10-15;1-4-18(2,3)17(20)22-12-11-21-16-10-6-7-13-14(16)8-5-9-15(13)19;1-4-18(2,3)17(20)21-12-11-13-7-5-9-15-14(13)8-6-10-16(15)19;1-4-17(2,3)16(19)20-11-12-7-5-9-14-13(12)8-6-10-15(14)18;;;;;;;;;;;;/h5-10,20H,4,11-12H2,1-3H3;5-8,11-12,20H,4,9-10H2,1-3H3;5-10,19H,4,11H2,1-3H3;5-10,19H,4,11-12H2,1-3H3;5-10,19H,4,11-12H2,1-3H3;5-10,18H,4,11H2,1-3H3;12*1H4. The largest absolute Gasteiger partial charge is 0.508 e. The number of carbonyl (C=O) groups is 9. The van der Waals surface area contributed by atoms with Gasteiger partial charge in [0, 0.05) is 33.4 Å². The lowest BCUT2D eigenvalue weighted by molar-refractivity contribution is -0.161. The zero-order valence-electron chi connectivity index (χ0n) is 80.0. The lowest BCUT2D eigenvalue weighted by atomic mass is 9.91. The zero-order valence-corrected chi connectivity index (χ0v) is 80.0. The highest BCUT2D eigenvalue weighted by Gasteiger charge is 2.33. The van der Waals surface area contributed by atoms with E-state index in [0.29, 0.717) is 65.7 Å². The molecule has 0 aliphatic carbocycles. The Hall–Kier alpha value is -14.0. The molecule has 0 heterocycles. The van der Waals surface area contributed by atoms with Crippen molar-refractivity contribution in [1.29, 1.82) is 0 Å². The Kier molecular flexibility index (Phi) is 64.6. The molecule has 0 unspecified atom stereocenters. The molecule has 0 fully saturated rings. The summed E-state index contributed by atoms with van der Waals surface area (Å²) in [6.45, 7) is 34.4. The number of hydrogen-bond donors (Lipinski definition) is 6. The number of rotatable bonds is 32. The van der Waals surface area contributed by atoms with Gasteiger partial charge in [0.15, 0.2) is 6.61 Å². The van der Waals surface area contributed by atoms with Crippen molar-refractivity contribution in [3.8, 4) is 46.0 Å². The molecule has 0 amide bonds. The Balaban J connectivity index is -0.000000397. The molecule has 25 heteroatoms. The Morgan fingerprint density at radius 2 is 0.562 bits per heavy atom. The third-order valence-corrected chi connectivity index (χ3v) is 23.6. The van der Waals surface area contributed by atoms with E-state index in [2.05, 4.69) is 0 Å². The Morgan fingerprint density at radius 3 is 0.993 bits per heavy atom. The highest BCUT2D eigenvalue weighted by atomic mass is 16.6. The summed E-state index contributed by atoms with van der Waals surface area (Å²) in [5, 5.41) is 67.9. The number of benzene rings is 12. The SMILES string of the molecule is C.C.C.C.C.C.C.C.C.C.C.C.CCC(C)(C)C(=O)OCC(=O)Oc1ccc2cc(O)ccc2c1.CCC(C)(C)C(=O)OCCOC(=O)c1ccc2cc(O)ccc2c1.CCC(C)(C)C(=O)OCCOC(=O)c1cccc2c(O)cccc12.CCC(C)(C)C(=O)OCCOc1cccc2c(O)cccc12.CCC(C)(C)C(=O)OCCc1cccc2c(O)cccc12.CCC(C)(C)C(=O)OCc1cccc2c(O)cccc12. The number of carbonyl (C=O) groups excluding carboxylic acids is 9. The molecular formula is C121H176O25. The minimum Gasteiger partial charge on any atom is -0.508 e. The average molecular weight is 2030 g/mol. The van der Waals surface area contributed by atoms with Crippen molar-refractivity contribution < 1.29 is 121 Å². The average Bonchev–Trinajstić information content (AvgIpc) is 0.803. The van der Waals surface area contributed by atoms with Gasteiger partial charge in [0.05, 0.1) is 50.2 Å². The molecule has 12 aromatic carbocycles. The molecule has 810 valence electrons. The van der Waals surface area contributed by atoms with Crippen LogP contribution < -0.4 is 9.47 Å². The lowest BCUT2D eigenvalue weighted by Crippen LogP contribution is -2.29. The van der Waals surface area contributed by atoms with Crippen LogP contribution in [0.25, 0.3) is 64.6 Å². The molecule has 0 atom stereocenters. The maximum Gasteiger partial charge on any atom is 0.349 e. The van der Waals surface area contributed by atoms with Crippen molar-refractivity contribution >= 4 is 118 Å². The highest BCUT2D eigenvalue weighted by molar-refractivity contribution is 6.06. The maximum absolute atomic E-state index is 12.2. The number of fused-ring (bicyclic) bond motifs is 6. The van der Waals surface area contributed by atoms with Gasteiger partial charge in [-0.25, -0.2) is 14.4 Å². The minimum absolute atomic E-state index is 0. The third kappa shape index (κ3) is 41.3. The fraction of sp³-hybridized carbons (Fsp3) is 0.430. The van der Waals surface area contributed by atoms with Crippen molar-refractivity contribution in [1.82, 2.24) is 0 Å². The van der Waals surface area contributed by atoms with Crippen molar-refractivity contribution in [3.63, 3.8) is 0 Å². The van der Waals surface area contributed by atoms with Gasteiger partial charge in [-0.1, -0.05) is 264 Å². The van der Waals surface area contributed by atoms with Crippen LogP contribution in [0.15, 0.2) is 218 Å². The molecule has 0 radical (unpaired) electrons. The predicted octanol–water partition coefficient (Wildman–Crippen LogP) is 30.4. The van der Waals surface area contributed by atoms with Crippen LogP contribution in [0.4, 0.5) is 0 Å². The lowest BCUT2D eigenvalue weighted by Gasteiger charge is -2.20. The van der Waals surface area contributed by atoms with Gasteiger partial charge in [0.1, 0.15) is 92.2 Å². The zero-order chi connectivity index (χ0) is 98.9. The number of ether oxygens (including phenoxy) is 10. The summed E-state index contributed by atoms with van der Waals surface area (Å²) < 4.78 is 52.4. The van der Waals surface area contributed by atoms with Gasteiger partial charge >= 0.3 is 53.7 Å². The molecule has 0 bridgehead atoms. The highest BCUT2D eigenvalue weighted by Crippen LogP contribution is 2.36. The van der Waals surface area contributed by atoms with E-state index in [1.54, 1.807) is 153 Å². The fourth-order valence-electron chi connectivity index (χ4n) is 12.3. The number of hydrogen-bond acceptors (Lipinski definition) is 25. The van der Waals surface area contributed by atoms with E-state index in [4.69, 9.17) is 47.4 Å². The van der Waals surface area contributed by atoms with Crippen LogP contribution >= 0.6 is 0 Å². The number of aromatic hydroxyl groups is 6. The van der Waals surface area contributed by atoms with E-state index in [1.807, 2.05) is 190 Å². The second-order valence-electron chi connectivity index (χ2n) is 35.8. The molecule has 0 aliphatic rings. The Labute approximate surface area is 872 Å². The molecule has 0 spiro atoms. The molecule has 0 saturated heterocycles. The van der Waals surface area contributed by atoms with Crippen LogP contribution in [0.3, 0.4) is 0 Å². The predicted molar refractivity (Wildman–Crippen MR) is 599 cm³/mol. The van der Waals surface area contributed by atoms with E-state index in [-0.39, 0.29) is 200 Å². The molecule has 0 saturated carbocycles. The van der Waals surface area contributed by atoms with Crippen LogP contribution in [-0.4, -0.2) is 137 Å². The molecule has 25 nitrogen and oxygen atoms in total. The monoisotopic (exact) mass is 2030 g/mol. The van der Waals surface area contributed by atoms with E-state index in [0.717, 1.165) is 84.3 Å². The first-order chi connectivity index (χ1) is 63.4. The van der Waals surface area contributed by atoms with Gasteiger partial charge < -0.3 is 78.0 Å². The fourth-order valence-corrected chi connectivity index (χ4v) is 12.3. The number of esters is 9. The van der Waals surface area contributed by atoms with Crippen molar-refractivity contribution in [2.45, 2.75) is 265 Å². The number of phenolic OH excluding ortho intramolecular Hbond substituents is 6. The van der Waals surface area contributed by atoms with Gasteiger partial charge in [-0.05, 0) is 255 Å². The van der Waals surface area contributed by atoms with E-state index in [9.17, 15) is 73.8 Å². The topological polar surface area (TPSA) is 367 Å². The van der Waals surface area contributed by atoms with Crippen molar-refractivity contribution in [2.75, 3.05) is 52.9 Å². The van der Waals surface area contributed by atoms with Gasteiger partial charge in [0.2, 0.25) is 0 Å². The summed E-state index contributed by atoms with van der Waals surface area (Å²) in [7, 11) is 0. The van der Waals surface area contributed by atoms with Gasteiger partial charge in [-0.3, -0.25) is 28.8 Å². The summed E-state index contributed by atoms with van der Waals surface area (Å²) >= 11 is 0. The summed E-state index contributed by atoms with van der Waals surface area (Å²) in [6, 6.07) is 63.0. The Bertz CT molecular complexity index is 6060. The van der Waals surface area contributed by atoms with Crippen molar-refractivity contribution in [2.24, 2.45) is 32.5 Å². The van der Waals surface area contributed by atoms with Crippen LogP contribution in [0, 0.1) is 32.5 Å². The first-order valence-electron chi connectivity index (χ1n) is 44.9. The van der Waals surface area contributed by atoms with Gasteiger partial charge in [-0.2, -0.15) is 0 Å². The van der Waals surface area contributed by atoms with Gasteiger partial charge in [0.25, 0.3) is 0 Å². The third-order valence-electron chi connectivity index (χ3n) is 23.6. The normalized spacial score (nSPS) is 10.5. The van der Waals surface area contributed by atoms with Crippen LogP contribution in [-0.2, 0) is 84.5 Å². The summed E-state index contributed by atoms with van der Waals surface area (Å²) in [5.74, 6) is -1.01. The van der Waals surface area contributed by atoms with E-state index >= 15 is 0 Å². The first-order valence-corrected chi connectivity index (χ1v) is 44.9. The molecule has 0 aliphatic heterocycles. The Morgan fingerprint density at radius 1 is 0.260 bits per heavy atom. The maximum atomic E-state index is 12.2. The first kappa shape index (κ1) is 143. The van der Waals surface area contributed by atoms with Crippen LogP contribution in [0.5, 0.6) is 46.0 Å². The second kappa shape index (κ2) is 66.1. The van der Waals surface area contributed by atoms with Crippen LogP contribution in [0.1, 0.15) is 284 Å².